The third-order valence-corrected chi connectivity index (χ3v) is 3.63. The highest BCUT2D eigenvalue weighted by Crippen LogP contribution is 2.16. The van der Waals surface area contributed by atoms with Crippen LogP contribution in [0.3, 0.4) is 0 Å². The lowest BCUT2D eigenvalue weighted by atomic mass is 10.3. The summed E-state index contributed by atoms with van der Waals surface area (Å²) in [4.78, 5) is 17.9. The molecule has 19 heavy (non-hydrogen) atoms. The minimum Gasteiger partial charge on any atom is -0.461 e. The van der Waals surface area contributed by atoms with Gasteiger partial charge in [-0.25, -0.2) is 9.78 Å². The average Bonchev–Trinajstić information content (AvgIpc) is 2.83. The van der Waals surface area contributed by atoms with Crippen molar-refractivity contribution in [3.05, 3.63) is 11.1 Å². The van der Waals surface area contributed by atoms with E-state index in [4.69, 9.17) is 4.74 Å². The van der Waals surface area contributed by atoms with Crippen LogP contribution in [-0.2, 0) is 4.74 Å². The molecule has 1 heterocycles. The quantitative estimate of drug-likeness (QED) is 0.587. The maximum absolute atomic E-state index is 11.4. The Morgan fingerprint density at radius 3 is 2.95 bits per heavy atom. The van der Waals surface area contributed by atoms with Crippen molar-refractivity contribution in [3.8, 4) is 0 Å². The SMILES string of the molecule is CCOC(=O)c1csc(NCCCN(C)C(C)C)n1. The molecular weight excluding hydrogens is 262 g/mol. The molecule has 0 atom stereocenters. The Kier molecular flexibility index (Phi) is 6.80. The first kappa shape index (κ1) is 15.9. The van der Waals surface area contributed by atoms with Crippen LogP contribution in [0.1, 0.15) is 37.7 Å². The van der Waals surface area contributed by atoms with Gasteiger partial charge in [-0.2, -0.15) is 0 Å². The first-order valence-corrected chi connectivity index (χ1v) is 7.49. The molecule has 0 radical (unpaired) electrons. The number of nitrogens with one attached hydrogen (secondary N) is 1. The number of hydrogen-bond acceptors (Lipinski definition) is 6. The maximum atomic E-state index is 11.4. The lowest BCUT2D eigenvalue weighted by Crippen LogP contribution is -2.28. The second-order valence-electron chi connectivity index (χ2n) is 4.61. The van der Waals surface area contributed by atoms with Crippen LogP contribution < -0.4 is 5.32 Å². The number of hydrogen-bond donors (Lipinski definition) is 1. The van der Waals surface area contributed by atoms with Gasteiger partial charge in [0.25, 0.3) is 0 Å². The average molecular weight is 285 g/mol. The summed E-state index contributed by atoms with van der Waals surface area (Å²) in [5.41, 5.74) is 0.383. The van der Waals surface area contributed by atoms with Crippen LogP contribution in [0.4, 0.5) is 5.13 Å². The highest BCUT2D eigenvalue weighted by Gasteiger charge is 2.11. The molecule has 1 aromatic heterocycles. The summed E-state index contributed by atoms with van der Waals surface area (Å²) in [5, 5.41) is 5.73. The third kappa shape index (κ3) is 5.57. The summed E-state index contributed by atoms with van der Waals surface area (Å²) in [6.45, 7) is 8.42. The van der Waals surface area contributed by atoms with E-state index in [9.17, 15) is 4.79 Å². The largest absolute Gasteiger partial charge is 0.461 e. The molecule has 0 unspecified atom stereocenters. The smallest absolute Gasteiger partial charge is 0.357 e. The van der Waals surface area contributed by atoms with Gasteiger partial charge in [0, 0.05) is 18.0 Å². The Bertz CT molecular complexity index is 393. The normalized spacial score (nSPS) is 11.1. The van der Waals surface area contributed by atoms with Crippen molar-refractivity contribution in [1.29, 1.82) is 0 Å². The van der Waals surface area contributed by atoms with Gasteiger partial charge in [-0.15, -0.1) is 11.3 Å². The van der Waals surface area contributed by atoms with Crippen molar-refractivity contribution in [2.45, 2.75) is 33.2 Å². The summed E-state index contributed by atoms with van der Waals surface area (Å²) in [6, 6.07) is 0.565. The van der Waals surface area contributed by atoms with Crippen molar-refractivity contribution in [1.82, 2.24) is 9.88 Å². The Balaban J connectivity index is 2.29. The fourth-order valence-electron chi connectivity index (χ4n) is 1.44. The van der Waals surface area contributed by atoms with Gasteiger partial charge >= 0.3 is 5.97 Å². The van der Waals surface area contributed by atoms with E-state index in [2.05, 4.69) is 36.1 Å². The van der Waals surface area contributed by atoms with Gasteiger partial charge in [-0.05, 0) is 40.8 Å². The molecule has 1 rings (SSSR count). The van der Waals surface area contributed by atoms with Gasteiger partial charge in [0.2, 0.25) is 0 Å². The fraction of sp³-hybridized carbons (Fsp3) is 0.692. The van der Waals surface area contributed by atoms with Crippen molar-refractivity contribution in [2.75, 3.05) is 32.1 Å². The van der Waals surface area contributed by atoms with Crippen LogP contribution in [0.5, 0.6) is 0 Å². The van der Waals surface area contributed by atoms with E-state index in [1.807, 2.05) is 0 Å². The second kappa shape index (κ2) is 8.12. The molecule has 1 N–H and O–H groups in total. The maximum Gasteiger partial charge on any atom is 0.357 e. The fourth-order valence-corrected chi connectivity index (χ4v) is 2.14. The number of anilines is 1. The van der Waals surface area contributed by atoms with E-state index < -0.39 is 0 Å². The minimum absolute atomic E-state index is 0.355. The minimum atomic E-state index is -0.355. The lowest BCUT2D eigenvalue weighted by Gasteiger charge is -2.20. The van der Waals surface area contributed by atoms with E-state index in [-0.39, 0.29) is 5.97 Å². The lowest BCUT2D eigenvalue weighted by molar-refractivity contribution is 0.0520. The van der Waals surface area contributed by atoms with Crippen LogP contribution in [-0.4, -0.2) is 48.6 Å². The molecule has 0 aromatic carbocycles. The molecule has 108 valence electrons. The molecule has 6 heteroatoms. The van der Waals surface area contributed by atoms with Crippen molar-refractivity contribution >= 4 is 22.4 Å². The topological polar surface area (TPSA) is 54.5 Å². The van der Waals surface area contributed by atoms with Crippen LogP contribution in [0.25, 0.3) is 0 Å². The molecule has 0 bridgehead atoms. The molecule has 0 saturated heterocycles. The first-order chi connectivity index (χ1) is 9.04. The second-order valence-corrected chi connectivity index (χ2v) is 5.47. The molecule has 0 aliphatic heterocycles. The van der Waals surface area contributed by atoms with Gasteiger partial charge < -0.3 is 15.0 Å². The zero-order chi connectivity index (χ0) is 14.3. The Labute approximate surface area is 119 Å². The zero-order valence-corrected chi connectivity index (χ0v) is 12.9. The number of ether oxygens (including phenoxy) is 1. The van der Waals surface area contributed by atoms with Crippen LogP contribution >= 0.6 is 11.3 Å². The van der Waals surface area contributed by atoms with Crippen molar-refractivity contribution in [3.63, 3.8) is 0 Å². The summed E-state index contributed by atoms with van der Waals surface area (Å²) in [5.74, 6) is -0.355. The number of carbonyl (C=O) groups is 1. The van der Waals surface area contributed by atoms with Gasteiger partial charge in [0.1, 0.15) is 0 Å². The van der Waals surface area contributed by atoms with Crippen LogP contribution in [0.2, 0.25) is 0 Å². The number of rotatable bonds is 8. The van der Waals surface area contributed by atoms with Gasteiger partial charge in [0.15, 0.2) is 10.8 Å². The monoisotopic (exact) mass is 285 g/mol. The molecule has 0 fully saturated rings. The summed E-state index contributed by atoms with van der Waals surface area (Å²) in [6.07, 6.45) is 1.04. The van der Waals surface area contributed by atoms with E-state index >= 15 is 0 Å². The zero-order valence-electron chi connectivity index (χ0n) is 12.1. The van der Waals surface area contributed by atoms with Crippen molar-refractivity contribution < 1.29 is 9.53 Å². The highest BCUT2D eigenvalue weighted by atomic mass is 32.1. The van der Waals surface area contributed by atoms with E-state index in [0.29, 0.717) is 18.3 Å². The third-order valence-electron chi connectivity index (χ3n) is 2.83. The molecule has 0 amide bonds. The Morgan fingerprint density at radius 1 is 1.58 bits per heavy atom. The summed E-state index contributed by atoms with van der Waals surface area (Å²) < 4.78 is 4.90. The number of carbonyl (C=O) groups excluding carboxylic acids is 1. The highest BCUT2D eigenvalue weighted by molar-refractivity contribution is 7.13. The predicted molar refractivity (Wildman–Crippen MR) is 78.9 cm³/mol. The summed E-state index contributed by atoms with van der Waals surface area (Å²) >= 11 is 1.43. The standard InChI is InChI=1S/C13H23N3O2S/c1-5-18-12(17)11-9-19-13(15-11)14-7-6-8-16(4)10(2)3/h9-10H,5-8H2,1-4H3,(H,14,15). The molecule has 1 aromatic rings. The molecule has 0 aliphatic carbocycles. The first-order valence-electron chi connectivity index (χ1n) is 6.61. The number of aromatic nitrogens is 1. The summed E-state index contributed by atoms with van der Waals surface area (Å²) in [7, 11) is 2.12. The molecular formula is C13H23N3O2S. The van der Waals surface area contributed by atoms with Gasteiger partial charge in [0.05, 0.1) is 6.61 Å². The van der Waals surface area contributed by atoms with Gasteiger partial charge in [-0.3, -0.25) is 0 Å². The molecule has 0 spiro atoms. The Morgan fingerprint density at radius 2 is 2.32 bits per heavy atom. The predicted octanol–water partition coefficient (Wildman–Crippen LogP) is 2.46. The molecule has 0 saturated carbocycles. The number of thiazole rings is 1. The Hall–Kier alpha value is -1.14. The number of nitrogens with zero attached hydrogens (tertiary/aromatic N) is 2. The van der Waals surface area contributed by atoms with E-state index in [1.54, 1.807) is 12.3 Å². The van der Waals surface area contributed by atoms with Crippen LogP contribution in [0.15, 0.2) is 5.38 Å². The molecule has 0 aliphatic rings. The van der Waals surface area contributed by atoms with Crippen LogP contribution in [0, 0.1) is 0 Å². The molecule has 5 nitrogen and oxygen atoms in total. The van der Waals surface area contributed by atoms with Gasteiger partial charge in [-0.1, -0.05) is 0 Å². The van der Waals surface area contributed by atoms with E-state index in [0.717, 1.165) is 24.6 Å². The van der Waals surface area contributed by atoms with E-state index in [1.165, 1.54) is 11.3 Å². The van der Waals surface area contributed by atoms with Crippen molar-refractivity contribution in [2.24, 2.45) is 0 Å². The number of esters is 1.